The third-order valence-electron chi connectivity index (χ3n) is 0. The van der Waals surface area contributed by atoms with Gasteiger partial charge in [-0.15, -0.1) is 0 Å². The molecule has 0 aromatic rings. The fraction of sp³-hybridized carbons (Fsp3) is 0. The number of hydrogen-bond acceptors (Lipinski definition) is 1. The van der Waals surface area contributed by atoms with Crippen molar-refractivity contribution < 1.29 is 40.2 Å². The van der Waals surface area contributed by atoms with E-state index in [1.54, 1.807) is 46.0 Å². The van der Waals surface area contributed by atoms with Gasteiger partial charge < -0.3 is 0 Å². The molecule has 0 heterocycles. The van der Waals surface area contributed by atoms with Gasteiger partial charge in [-0.25, -0.2) is 1.40 Å². The quantitative estimate of drug-likeness (QED) is 0.310. The SMILES string of the molecule is IOI.[Bi].[Fe].[Ti]. The summed E-state index contributed by atoms with van der Waals surface area (Å²) in [6.45, 7) is 0. The van der Waals surface area contributed by atoms with Crippen LogP contribution in [0.15, 0.2) is 0 Å². The van der Waals surface area contributed by atoms with Crippen molar-refractivity contribution in [2.45, 2.75) is 0 Å². The molecule has 0 atom stereocenters. The van der Waals surface area contributed by atoms with Gasteiger partial charge in [-0.2, -0.15) is 0 Å². The monoisotopic (exact) mass is 583 g/mol. The number of rotatable bonds is 0. The Balaban J connectivity index is -0.00000000667. The Labute approximate surface area is 110 Å². The zero-order chi connectivity index (χ0) is 2.71. The Morgan fingerprint density at radius 2 is 1.17 bits per heavy atom. The van der Waals surface area contributed by atoms with Gasteiger partial charge in [0, 0.05) is 65.0 Å². The number of halogens is 2. The maximum Gasteiger partial charge on any atom is 0.124 e. The van der Waals surface area contributed by atoms with E-state index in [1.807, 2.05) is 0 Å². The average Bonchev–Trinajstić information content (AvgIpc) is 0.918. The molecule has 0 bridgehead atoms. The molecule has 0 spiro atoms. The Hall–Kier alpha value is 3.54. The van der Waals surface area contributed by atoms with Gasteiger partial charge in [0.05, 0.1) is 0 Å². The van der Waals surface area contributed by atoms with Gasteiger partial charge in [0.1, 0.15) is 46.0 Å². The average molecular weight is 582 g/mol. The Morgan fingerprint density at radius 3 is 1.17 bits per heavy atom. The fourth-order valence-corrected chi connectivity index (χ4v) is 0. The molecular formula is BiFeI2OTi. The van der Waals surface area contributed by atoms with E-state index in [9.17, 15) is 0 Å². The van der Waals surface area contributed by atoms with Crippen molar-refractivity contribution in [3.8, 4) is 0 Å². The van der Waals surface area contributed by atoms with Gasteiger partial charge in [0.15, 0.2) is 0 Å². The third-order valence-corrected chi connectivity index (χ3v) is 0. The molecule has 0 amide bonds. The van der Waals surface area contributed by atoms with Crippen LogP contribution < -0.4 is 0 Å². The van der Waals surface area contributed by atoms with Gasteiger partial charge in [0.2, 0.25) is 0 Å². The van der Waals surface area contributed by atoms with Crippen LogP contribution in [0.2, 0.25) is 0 Å². The zero-order valence-electron chi connectivity index (χ0n) is 2.46. The molecule has 0 aliphatic carbocycles. The van der Waals surface area contributed by atoms with Gasteiger partial charge in [0.25, 0.3) is 0 Å². The molecule has 6 heavy (non-hydrogen) atoms. The maximum atomic E-state index is 4.19. The standard InChI is InChI=1S/Bi.Fe.I2O.Ti/c;;1-3-2;. The summed E-state index contributed by atoms with van der Waals surface area (Å²) in [5.74, 6) is 0. The van der Waals surface area contributed by atoms with Crippen molar-refractivity contribution in [3.05, 3.63) is 0 Å². The van der Waals surface area contributed by atoms with Crippen molar-refractivity contribution in [2.24, 2.45) is 0 Å². The summed E-state index contributed by atoms with van der Waals surface area (Å²) in [4.78, 5) is 0. The minimum absolute atomic E-state index is 0. The summed E-state index contributed by atoms with van der Waals surface area (Å²) in [5, 5.41) is 0. The maximum absolute atomic E-state index is 4.19. The molecule has 37 valence electrons. The van der Waals surface area contributed by atoms with Crippen LogP contribution in [0.3, 0.4) is 0 Å². The van der Waals surface area contributed by atoms with E-state index in [0.29, 0.717) is 0 Å². The number of hydrogen-bond donors (Lipinski definition) is 0. The predicted molar refractivity (Wildman–Crippen MR) is 34.9 cm³/mol. The van der Waals surface area contributed by atoms with Crippen molar-refractivity contribution in [1.82, 2.24) is 0 Å². The Kier molecular flexibility index (Phi) is 89.0. The first-order valence-electron chi connectivity index (χ1n) is 0.309. The molecule has 0 N–H and O–H groups in total. The van der Waals surface area contributed by atoms with Crippen molar-refractivity contribution in [3.63, 3.8) is 0 Å². The van der Waals surface area contributed by atoms with E-state index in [4.69, 9.17) is 0 Å². The van der Waals surface area contributed by atoms with E-state index in [1.165, 1.54) is 0 Å². The van der Waals surface area contributed by atoms with E-state index in [-0.39, 0.29) is 65.0 Å². The fourth-order valence-electron chi connectivity index (χ4n) is 0. The summed E-state index contributed by atoms with van der Waals surface area (Å²) in [5.41, 5.74) is 0. The second kappa shape index (κ2) is 23.6. The predicted octanol–water partition coefficient (Wildman–Crippen LogP) is 1.32. The zero-order valence-corrected chi connectivity index (χ0v) is 12.9. The van der Waals surface area contributed by atoms with E-state index in [0.717, 1.165) is 0 Å². The van der Waals surface area contributed by atoms with Crippen molar-refractivity contribution in [2.75, 3.05) is 0 Å². The topological polar surface area (TPSA) is 9.23 Å². The summed E-state index contributed by atoms with van der Waals surface area (Å²) in [7, 11) is 0. The van der Waals surface area contributed by atoms with Gasteiger partial charge in [-0.1, -0.05) is 0 Å². The first-order valence-corrected chi connectivity index (χ1v) is 2.07. The van der Waals surface area contributed by atoms with Gasteiger partial charge in [-0.05, 0) is 0 Å². The molecule has 0 rings (SSSR count). The van der Waals surface area contributed by atoms with Gasteiger partial charge >= 0.3 is 0 Å². The molecule has 0 unspecified atom stereocenters. The van der Waals surface area contributed by atoms with Crippen LogP contribution in [0.1, 0.15) is 0 Å². The van der Waals surface area contributed by atoms with Crippen LogP contribution in [0.25, 0.3) is 0 Å². The first kappa shape index (κ1) is 22.7. The van der Waals surface area contributed by atoms with Crippen LogP contribution in [0, 0.1) is 0 Å². The Morgan fingerprint density at radius 1 is 1.17 bits per heavy atom. The van der Waals surface area contributed by atoms with Gasteiger partial charge in [-0.3, -0.25) is 0 Å². The largest absolute Gasteiger partial charge is 0.247 e. The van der Waals surface area contributed by atoms with Crippen LogP contribution in [-0.2, 0) is 40.2 Å². The molecule has 0 saturated heterocycles. The van der Waals surface area contributed by atoms with Crippen molar-refractivity contribution >= 4 is 72.2 Å². The second-order valence-electron chi connectivity index (χ2n) is 0.0583. The third kappa shape index (κ3) is 25.7. The van der Waals surface area contributed by atoms with Crippen LogP contribution in [-0.4, -0.2) is 26.2 Å². The second-order valence-corrected chi connectivity index (χ2v) is 2.62. The molecule has 0 saturated carbocycles. The molecule has 1 nitrogen and oxygen atoms in total. The molecule has 3 radical (unpaired) electrons. The normalized spacial score (nSPS) is 3.00. The van der Waals surface area contributed by atoms with E-state index < -0.39 is 0 Å². The van der Waals surface area contributed by atoms with E-state index >= 15 is 0 Å². The molecule has 0 aliphatic rings. The van der Waals surface area contributed by atoms with Crippen LogP contribution >= 0.6 is 46.0 Å². The van der Waals surface area contributed by atoms with Crippen molar-refractivity contribution in [1.29, 1.82) is 0 Å². The summed E-state index contributed by atoms with van der Waals surface area (Å²) >= 11 is 3.55. The molecule has 0 fully saturated rings. The van der Waals surface area contributed by atoms with Crippen LogP contribution in [0.4, 0.5) is 0 Å². The van der Waals surface area contributed by atoms with E-state index in [2.05, 4.69) is 1.40 Å². The first-order chi connectivity index (χ1) is 1.41. The summed E-state index contributed by atoms with van der Waals surface area (Å²) in [6, 6.07) is 0. The minimum Gasteiger partial charge on any atom is -0.247 e. The Bertz CT molecular complexity index is 13.5. The molecular weight excluding hydrogens is 582 g/mol. The molecule has 6 heteroatoms. The smallest absolute Gasteiger partial charge is 0.124 e. The molecule has 0 aliphatic heterocycles. The summed E-state index contributed by atoms with van der Waals surface area (Å²) in [6.07, 6.45) is 0. The summed E-state index contributed by atoms with van der Waals surface area (Å²) < 4.78 is 4.19. The minimum atomic E-state index is 0. The van der Waals surface area contributed by atoms with Crippen LogP contribution in [0.5, 0.6) is 0 Å². The molecule has 0 aromatic heterocycles. The molecule has 0 aromatic carbocycles.